The highest BCUT2D eigenvalue weighted by Gasteiger charge is 2.34. The summed E-state index contributed by atoms with van der Waals surface area (Å²) in [7, 11) is 0. The first-order valence-electron chi connectivity index (χ1n) is 5.82. The fourth-order valence-corrected chi connectivity index (χ4v) is 2.32. The molecule has 0 amide bonds. The van der Waals surface area contributed by atoms with E-state index in [0.717, 1.165) is 28.0 Å². The fraction of sp³-hybridized carbons (Fsp3) is 0.143. The first-order valence-corrected chi connectivity index (χ1v) is 6.61. The van der Waals surface area contributed by atoms with E-state index in [2.05, 4.69) is 25.9 Å². The van der Waals surface area contributed by atoms with Crippen LogP contribution in [0.3, 0.4) is 0 Å². The van der Waals surface area contributed by atoms with E-state index in [9.17, 15) is 13.2 Å². The normalized spacial score (nSPS) is 17.8. The molecule has 0 aliphatic carbocycles. The molecule has 0 N–H and O–H groups in total. The van der Waals surface area contributed by atoms with Crippen molar-refractivity contribution >= 4 is 21.6 Å². The van der Waals surface area contributed by atoms with Crippen molar-refractivity contribution in [3.05, 3.63) is 63.9 Å². The molecule has 1 aromatic heterocycles. The fourth-order valence-electron chi connectivity index (χ4n) is 1.92. The van der Waals surface area contributed by atoms with Crippen LogP contribution in [0.25, 0.3) is 0 Å². The summed E-state index contributed by atoms with van der Waals surface area (Å²) in [6.45, 7) is 0. The third kappa shape index (κ3) is 2.60. The van der Waals surface area contributed by atoms with Crippen LogP contribution in [-0.4, -0.2) is 10.7 Å². The third-order valence-corrected chi connectivity index (χ3v) is 3.47. The molecule has 1 aliphatic rings. The van der Waals surface area contributed by atoms with Crippen molar-refractivity contribution in [2.75, 3.05) is 0 Å². The molecule has 6 heteroatoms. The van der Waals surface area contributed by atoms with E-state index >= 15 is 0 Å². The molecule has 1 unspecified atom stereocenters. The lowest BCUT2D eigenvalue weighted by atomic mass is 10.1. The Kier molecular flexibility index (Phi) is 3.12. The maximum atomic E-state index is 12.4. The molecule has 2 nitrogen and oxygen atoms in total. The number of halogens is 4. The Bertz CT molecular complexity index is 678. The number of aromatic nitrogens is 1. The second-order valence-corrected chi connectivity index (χ2v) is 5.31. The molecule has 0 bridgehead atoms. The Morgan fingerprint density at radius 2 is 1.90 bits per heavy atom. The standard InChI is InChI=1S/C14H8BrF3N2/c15-10-3-1-2-8(6-10)12-13(20-12)11-5-4-9(7-19-11)14(16,17)18/h1-7,13H. The minimum absolute atomic E-state index is 0.230. The van der Waals surface area contributed by atoms with Crippen LogP contribution in [0.2, 0.25) is 0 Å². The maximum Gasteiger partial charge on any atom is 0.417 e. The molecule has 0 saturated heterocycles. The van der Waals surface area contributed by atoms with Gasteiger partial charge in [0.05, 0.1) is 17.0 Å². The van der Waals surface area contributed by atoms with E-state index in [4.69, 9.17) is 0 Å². The Hall–Kier alpha value is -1.69. The number of pyridine rings is 1. The molecule has 0 radical (unpaired) electrons. The Balaban J connectivity index is 1.77. The summed E-state index contributed by atoms with van der Waals surface area (Å²) in [5.74, 6) is 0. The highest BCUT2D eigenvalue weighted by molar-refractivity contribution is 9.10. The van der Waals surface area contributed by atoms with Crippen LogP contribution in [0.4, 0.5) is 13.2 Å². The maximum absolute atomic E-state index is 12.4. The molecule has 0 saturated carbocycles. The number of aliphatic imine (C=N–C) groups is 1. The van der Waals surface area contributed by atoms with Crippen LogP contribution in [0.15, 0.2) is 52.1 Å². The van der Waals surface area contributed by atoms with Gasteiger partial charge in [0, 0.05) is 10.7 Å². The summed E-state index contributed by atoms with van der Waals surface area (Å²) >= 11 is 3.37. The number of alkyl halides is 3. The zero-order valence-electron chi connectivity index (χ0n) is 10.0. The summed E-state index contributed by atoms with van der Waals surface area (Å²) < 4.78 is 38.3. The van der Waals surface area contributed by atoms with Gasteiger partial charge in [0.15, 0.2) is 0 Å². The first kappa shape index (κ1) is 13.3. The Labute approximate surface area is 121 Å². The van der Waals surface area contributed by atoms with E-state index in [0.29, 0.717) is 5.69 Å². The van der Waals surface area contributed by atoms with Gasteiger partial charge in [-0.05, 0) is 29.8 Å². The zero-order chi connectivity index (χ0) is 14.3. The number of hydrogen-bond acceptors (Lipinski definition) is 2. The van der Waals surface area contributed by atoms with Gasteiger partial charge >= 0.3 is 6.18 Å². The van der Waals surface area contributed by atoms with Crippen molar-refractivity contribution in [2.24, 2.45) is 4.99 Å². The molecule has 102 valence electrons. The van der Waals surface area contributed by atoms with Crippen LogP contribution in [0, 0.1) is 0 Å². The second-order valence-electron chi connectivity index (χ2n) is 4.40. The van der Waals surface area contributed by atoms with Gasteiger partial charge < -0.3 is 0 Å². The average Bonchev–Trinajstić information content (AvgIpc) is 3.18. The van der Waals surface area contributed by atoms with Gasteiger partial charge in [-0.3, -0.25) is 9.98 Å². The summed E-state index contributed by atoms with van der Waals surface area (Å²) in [6.07, 6.45) is -3.51. The lowest BCUT2D eigenvalue weighted by Gasteiger charge is -2.06. The molecule has 0 spiro atoms. The summed E-state index contributed by atoms with van der Waals surface area (Å²) in [6, 6.07) is 9.80. The van der Waals surface area contributed by atoms with E-state index in [1.54, 1.807) is 0 Å². The SMILES string of the molecule is FC(F)(F)c1ccc(C2N=C2c2cccc(Br)c2)nc1. The lowest BCUT2D eigenvalue weighted by molar-refractivity contribution is -0.137. The van der Waals surface area contributed by atoms with Gasteiger partial charge in [-0.15, -0.1) is 0 Å². The van der Waals surface area contributed by atoms with Crippen molar-refractivity contribution < 1.29 is 13.2 Å². The lowest BCUT2D eigenvalue weighted by Crippen LogP contribution is -2.06. The summed E-state index contributed by atoms with van der Waals surface area (Å²) in [5, 5.41) is 0. The summed E-state index contributed by atoms with van der Waals surface area (Å²) in [5.41, 5.74) is 1.59. The summed E-state index contributed by atoms with van der Waals surface area (Å²) in [4.78, 5) is 8.14. The molecule has 1 aliphatic heterocycles. The van der Waals surface area contributed by atoms with Crippen LogP contribution in [0.1, 0.15) is 22.9 Å². The van der Waals surface area contributed by atoms with E-state index < -0.39 is 11.7 Å². The molecular formula is C14H8BrF3N2. The van der Waals surface area contributed by atoms with Gasteiger partial charge in [-0.25, -0.2) is 0 Å². The van der Waals surface area contributed by atoms with Crippen LogP contribution in [0.5, 0.6) is 0 Å². The monoisotopic (exact) mass is 340 g/mol. The van der Waals surface area contributed by atoms with Gasteiger partial charge in [0.25, 0.3) is 0 Å². The van der Waals surface area contributed by atoms with Crippen LogP contribution >= 0.6 is 15.9 Å². The van der Waals surface area contributed by atoms with Crippen molar-refractivity contribution in [3.63, 3.8) is 0 Å². The highest BCUT2D eigenvalue weighted by atomic mass is 79.9. The van der Waals surface area contributed by atoms with E-state index in [1.807, 2.05) is 24.3 Å². The average molecular weight is 341 g/mol. The Morgan fingerprint density at radius 1 is 1.10 bits per heavy atom. The minimum atomic E-state index is -4.36. The van der Waals surface area contributed by atoms with Crippen molar-refractivity contribution in [3.8, 4) is 0 Å². The predicted molar refractivity (Wildman–Crippen MR) is 72.7 cm³/mol. The van der Waals surface area contributed by atoms with Crippen molar-refractivity contribution in [1.82, 2.24) is 4.98 Å². The van der Waals surface area contributed by atoms with Gasteiger partial charge in [0.1, 0.15) is 6.04 Å². The predicted octanol–water partition coefficient (Wildman–Crippen LogP) is 4.41. The molecule has 3 rings (SSSR count). The molecule has 2 aromatic rings. The van der Waals surface area contributed by atoms with E-state index in [-0.39, 0.29) is 6.04 Å². The van der Waals surface area contributed by atoms with Crippen LogP contribution < -0.4 is 0 Å². The largest absolute Gasteiger partial charge is 0.417 e. The molecule has 20 heavy (non-hydrogen) atoms. The topological polar surface area (TPSA) is 25.2 Å². The van der Waals surface area contributed by atoms with Gasteiger partial charge in [0.2, 0.25) is 0 Å². The second kappa shape index (κ2) is 4.70. The quantitative estimate of drug-likeness (QED) is 0.795. The minimum Gasteiger partial charge on any atom is -0.270 e. The molecule has 1 aromatic carbocycles. The van der Waals surface area contributed by atoms with Crippen molar-refractivity contribution in [2.45, 2.75) is 12.2 Å². The molecule has 1 atom stereocenters. The first-order chi connectivity index (χ1) is 9.45. The number of nitrogens with zero attached hydrogens (tertiary/aromatic N) is 2. The smallest absolute Gasteiger partial charge is 0.270 e. The van der Waals surface area contributed by atoms with Gasteiger partial charge in [-0.1, -0.05) is 28.1 Å². The molecule has 2 heterocycles. The zero-order valence-corrected chi connectivity index (χ0v) is 11.6. The number of hydrogen-bond donors (Lipinski definition) is 0. The molecule has 0 fully saturated rings. The van der Waals surface area contributed by atoms with E-state index in [1.165, 1.54) is 6.07 Å². The highest BCUT2D eigenvalue weighted by Crippen LogP contribution is 2.36. The van der Waals surface area contributed by atoms with Gasteiger partial charge in [-0.2, -0.15) is 13.2 Å². The molecular weight excluding hydrogens is 333 g/mol. The Morgan fingerprint density at radius 3 is 2.50 bits per heavy atom. The number of rotatable bonds is 2. The number of benzene rings is 1. The van der Waals surface area contributed by atoms with Crippen molar-refractivity contribution in [1.29, 1.82) is 0 Å². The third-order valence-electron chi connectivity index (χ3n) is 2.97. The van der Waals surface area contributed by atoms with Crippen LogP contribution in [-0.2, 0) is 6.18 Å².